The third-order valence-electron chi connectivity index (χ3n) is 4.31. The van der Waals surface area contributed by atoms with Crippen molar-refractivity contribution in [2.45, 2.75) is 12.8 Å². The third kappa shape index (κ3) is 4.16. The van der Waals surface area contributed by atoms with Crippen molar-refractivity contribution in [3.8, 4) is 0 Å². The quantitative estimate of drug-likeness (QED) is 0.687. The number of aromatic nitrogens is 1. The first-order valence-electron chi connectivity index (χ1n) is 8.20. The molecule has 3 rings (SSSR count). The molecular formula is C17H19BrN4O4S. The Bertz CT molecular complexity index is 1020. The Morgan fingerprint density at radius 2 is 1.85 bits per heavy atom. The molecule has 0 spiro atoms. The molecule has 0 saturated heterocycles. The Morgan fingerprint density at radius 1 is 1.15 bits per heavy atom. The van der Waals surface area contributed by atoms with E-state index in [4.69, 9.17) is 0 Å². The highest BCUT2D eigenvalue weighted by atomic mass is 79.9. The minimum Gasteiger partial charge on any atom is -0.345 e. The van der Waals surface area contributed by atoms with Crippen molar-refractivity contribution in [3.63, 3.8) is 0 Å². The van der Waals surface area contributed by atoms with Crippen LogP contribution in [0.15, 0.2) is 34.9 Å². The molecular weight excluding hydrogens is 436 g/mol. The summed E-state index contributed by atoms with van der Waals surface area (Å²) in [6.45, 7) is 0.430. The summed E-state index contributed by atoms with van der Waals surface area (Å²) in [5, 5.41) is 0. The van der Waals surface area contributed by atoms with Crippen molar-refractivity contribution >= 4 is 43.5 Å². The summed E-state index contributed by atoms with van der Waals surface area (Å²) in [4.78, 5) is 24.5. The molecule has 2 heterocycles. The maximum atomic E-state index is 12.4. The summed E-state index contributed by atoms with van der Waals surface area (Å²) in [6.07, 6.45) is 4.27. The number of rotatable bonds is 3. The molecule has 10 heteroatoms. The van der Waals surface area contributed by atoms with Crippen LogP contribution in [0.3, 0.4) is 0 Å². The molecule has 0 aliphatic carbocycles. The molecule has 144 valence electrons. The van der Waals surface area contributed by atoms with Crippen LogP contribution in [0.2, 0.25) is 0 Å². The second-order valence-electron chi connectivity index (χ2n) is 6.34. The predicted octanol–water partition coefficient (Wildman–Crippen LogP) is 1.57. The van der Waals surface area contributed by atoms with Crippen LogP contribution in [0.25, 0.3) is 0 Å². The Balaban J connectivity index is 1.73. The van der Waals surface area contributed by atoms with Crippen LogP contribution in [0, 0.1) is 0 Å². The zero-order valence-corrected chi connectivity index (χ0v) is 17.2. The van der Waals surface area contributed by atoms with E-state index >= 15 is 0 Å². The fourth-order valence-electron chi connectivity index (χ4n) is 3.05. The first-order chi connectivity index (χ1) is 12.7. The molecule has 2 aromatic rings. The average molecular weight is 455 g/mol. The molecule has 1 aromatic heterocycles. The number of benzene rings is 1. The highest BCUT2D eigenvalue weighted by molar-refractivity contribution is 9.10. The molecule has 2 N–H and O–H groups in total. The SMILES string of the molecule is Cn1cc(Br)cc1C(=O)NNC(=O)c1ccc2c(c1)CCCN2S(C)(=O)=O. The van der Waals surface area contributed by atoms with Crippen molar-refractivity contribution in [1.29, 1.82) is 0 Å². The van der Waals surface area contributed by atoms with E-state index in [-0.39, 0.29) is 0 Å². The number of nitrogens with zero attached hydrogens (tertiary/aromatic N) is 2. The molecule has 2 amide bonds. The molecule has 0 unspecified atom stereocenters. The number of carbonyl (C=O) groups excluding carboxylic acids is 2. The van der Waals surface area contributed by atoms with Gasteiger partial charge >= 0.3 is 0 Å². The van der Waals surface area contributed by atoms with E-state index in [1.807, 2.05) is 0 Å². The molecule has 0 saturated carbocycles. The highest BCUT2D eigenvalue weighted by Crippen LogP contribution is 2.29. The number of nitrogens with one attached hydrogen (secondary N) is 2. The Morgan fingerprint density at radius 3 is 2.48 bits per heavy atom. The summed E-state index contributed by atoms with van der Waals surface area (Å²) in [7, 11) is -1.64. The third-order valence-corrected chi connectivity index (χ3v) is 5.93. The number of hydrogen-bond donors (Lipinski definition) is 2. The maximum Gasteiger partial charge on any atom is 0.286 e. The molecule has 1 aromatic carbocycles. The predicted molar refractivity (Wildman–Crippen MR) is 105 cm³/mol. The standard InChI is InChI=1S/C17H19BrN4O4S/c1-21-10-13(18)9-15(21)17(24)20-19-16(23)12-5-6-14-11(8-12)4-3-7-22(14)27(2,25)26/h5-6,8-10H,3-4,7H2,1-2H3,(H,19,23)(H,20,24). The second-order valence-corrected chi connectivity index (χ2v) is 9.17. The molecule has 0 fully saturated rings. The number of amides is 2. The summed E-state index contributed by atoms with van der Waals surface area (Å²) >= 11 is 3.29. The average Bonchev–Trinajstić information content (AvgIpc) is 2.95. The van der Waals surface area contributed by atoms with Crippen molar-refractivity contribution in [2.75, 3.05) is 17.1 Å². The van der Waals surface area contributed by atoms with E-state index in [1.54, 1.807) is 42.1 Å². The van der Waals surface area contributed by atoms with Gasteiger partial charge in [-0.2, -0.15) is 0 Å². The molecule has 0 bridgehead atoms. The maximum absolute atomic E-state index is 12.4. The monoisotopic (exact) mass is 454 g/mol. The van der Waals surface area contributed by atoms with Crippen molar-refractivity contribution in [2.24, 2.45) is 7.05 Å². The minimum absolute atomic E-state index is 0.345. The van der Waals surface area contributed by atoms with Gasteiger partial charge in [0.05, 0.1) is 11.9 Å². The highest BCUT2D eigenvalue weighted by Gasteiger charge is 2.24. The smallest absolute Gasteiger partial charge is 0.286 e. The van der Waals surface area contributed by atoms with Crippen LogP contribution in [-0.4, -0.2) is 37.6 Å². The van der Waals surface area contributed by atoms with E-state index in [9.17, 15) is 18.0 Å². The van der Waals surface area contributed by atoms with E-state index in [0.717, 1.165) is 10.0 Å². The van der Waals surface area contributed by atoms with E-state index in [0.29, 0.717) is 36.3 Å². The number of sulfonamides is 1. The fraction of sp³-hybridized carbons (Fsp3) is 0.294. The van der Waals surface area contributed by atoms with Gasteiger partial charge in [-0.05, 0) is 58.6 Å². The van der Waals surface area contributed by atoms with Gasteiger partial charge in [0.1, 0.15) is 5.69 Å². The lowest BCUT2D eigenvalue weighted by atomic mass is 10.0. The number of anilines is 1. The summed E-state index contributed by atoms with van der Waals surface area (Å²) < 4.78 is 27.5. The van der Waals surface area contributed by atoms with Gasteiger partial charge in [0.2, 0.25) is 10.0 Å². The first-order valence-corrected chi connectivity index (χ1v) is 10.8. The lowest BCUT2D eigenvalue weighted by Crippen LogP contribution is -2.42. The molecule has 1 aliphatic rings. The van der Waals surface area contributed by atoms with Gasteiger partial charge in [0, 0.05) is 29.8 Å². The lowest BCUT2D eigenvalue weighted by Gasteiger charge is -2.29. The molecule has 0 atom stereocenters. The van der Waals surface area contributed by atoms with Gasteiger partial charge in [0.25, 0.3) is 11.8 Å². The molecule has 8 nitrogen and oxygen atoms in total. The van der Waals surface area contributed by atoms with Crippen LogP contribution in [0.5, 0.6) is 0 Å². The van der Waals surface area contributed by atoms with Gasteiger partial charge in [-0.3, -0.25) is 24.7 Å². The number of carbonyl (C=O) groups is 2. The summed E-state index contributed by atoms with van der Waals surface area (Å²) in [5.41, 5.74) is 6.88. The van der Waals surface area contributed by atoms with Crippen molar-refractivity contribution < 1.29 is 18.0 Å². The number of aryl methyl sites for hydroxylation is 2. The van der Waals surface area contributed by atoms with Gasteiger partial charge in [-0.15, -0.1) is 0 Å². The van der Waals surface area contributed by atoms with Gasteiger partial charge in [0.15, 0.2) is 0 Å². The molecule has 0 radical (unpaired) electrons. The van der Waals surface area contributed by atoms with Crippen LogP contribution in [-0.2, 0) is 23.5 Å². The topological polar surface area (TPSA) is 101 Å². The van der Waals surface area contributed by atoms with Crippen LogP contribution in [0.1, 0.15) is 32.8 Å². The second kappa shape index (κ2) is 7.35. The molecule has 1 aliphatic heterocycles. The normalized spacial score (nSPS) is 13.8. The van der Waals surface area contributed by atoms with Crippen molar-refractivity contribution in [3.05, 3.63) is 51.8 Å². The zero-order valence-electron chi connectivity index (χ0n) is 14.8. The number of halogens is 1. The summed E-state index contributed by atoms with van der Waals surface area (Å²) in [6, 6.07) is 6.47. The lowest BCUT2D eigenvalue weighted by molar-refractivity contribution is 0.0842. The first kappa shape index (κ1) is 19.4. The number of hydrogen-bond acceptors (Lipinski definition) is 4. The summed E-state index contributed by atoms with van der Waals surface area (Å²) in [5.74, 6) is -0.923. The Labute approximate surface area is 165 Å². The van der Waals surface area contributed by atoms with Gasteiger partial charge in [-0.1, -0.05) is 0 Å². The van der Waals surface area contributed by atoms with E-state index < -0.39 is 21.8 Å². The zero-order chi connectivity index (χ0) is 19.8. The van der Waals surface area contributed by atoms with Gasteiger partial charge in [-0.25, -0.2) is 8.42 Å². The fourth-order valence-corrected chi connectivity index (χ4v) is 4.57. The van der Waals surface area contributed by atoms with Crippen LogP contribution < -0.4 is 15.2 Å². The molecule has 27 heavy (non-hydrogen) atoms. The number of hydrazine groups is 1. The van der Waals surface area contributed by atoms with E-state index in [2.05, 4.69) is 26.8 Å². The largest absolute Gasteiger partial charge is 0.345 e. The van der Waals surface area contributed by atoms with E-state index in [1.165, 1.54) is 10.6 Å². The Hall–Kier alpha value is -2.33. The Kier molecular flexibility index (Phi) is 5.29. The van der Waals surface area contributed by atoms with Crippen molar-refractivity contribution in [1.82, 2.24) is 15.4 Å². The number of fused-ring (bicyclic) bond motifs is 1. The van der Waals surface area contributed by atoms with Crippen LogP contribution in [0.4, 0.5) is 5.69 Å². The minimum atomic E-state index is -3.36. The van der Waals surface area contributed by atoms with Crippen LogP contribution >= 0.6 is 15.9 Å². The van der Waals surface area contributed by atoms with Gasteiger partial charge < -0.3 is 4.57 Å².